The molecule has 2 nitrogen and oxygen atoms in total. The fourth-order valence-electron chi connectivity index (χ4n) is 3.40. The quantitative estimate of drug-likeness (QED) is 0.881. The molecule has 0 atom stereocenters. The summed E-state index contributed by atoms with van der Waals surface area (Å²) in [7, 11) is 0. The lowest BCUT2D eigenvalue weighted by Gasteiger charge is -2.37. The van der Waals surface area contributed by atoms with Crippen LogP contribution in [0, 0.1) is 0 Å². The molecule has 1 fully saturated rings. The minimum atomic E-state index is 0.455. The van der Waals surface area contributed by atoms with Crippen molar-refractivity contribution in [3.63, 3.8) is 0 Å². The summed E-state index contributed by atoms with van der Waals surface area (Å²) in [6, 6.07) is 12.0. The minimum Gasteiger partial charge on any atom is -0.328 e. The van der Waals surface area contributed by atoms with Crippen LogP contribution in [0.4, 0.5) is 0 Å². The molecular formula is C17H24N2. The summed E-state index contributed by atoms with van der Waals surface area (Å²) in [5.41, 5.74) is 8.91. The molecule has 0 radical (unpaired) electrons. The van der Waals surface area contributed by atoms with Crippen LogP contribution in [0.2, 0.25) is 0 Å². The normalized spacial score (nSPS) is 29.0. The molecule has 1 saturated carbocycles. The first-order valence-corrected chi connectivity index (χ1v) is 7.57. The van der Waals surface area contributed by atoms with Crippen molar-refractivity contribution in [3.8, 4) is 0 Å². The molecule has 1 aliphatic carbocycles. The maximum atomic E-state index is 5.99. The lowest BCUT2D eigenvalue weighted by molar-refractivity contribution is 0.164. The number of nitrogens with two attached hydrogens (primary N) is 1. The van der Waals surface area contributed by atoms with Crippen LogP contribution in [-0.4, -0.2) is 30.1 Å². The van der Waals surface area contributed by atoms with E-state index in [0.29, 0.717) is 6.04 Å². The Bertz CT molecular complexity index is 430. The second kappa shape index (κ2) is 5.89. The molecule has 19 heavy (non-hydrogen) atoms. The number of hydrogen-bond donors (Lipinski definition) is 1. The van der Waals surface area contributed by atoms with Crippen LogP contribution >= 0.6 is 0 Å². The van der Waals surface area contributed by atoms with Crippen LogP contribution < -0.4 is 5.73 Å². The van der Waals surface area contributed by atoms with E-state index < -0.39 is 0 Å². The van der Waals surface area contributed by atoms with E-state index in [2.05, 4.69) is 41.3 Å². The average molecular weight is 256 g/mol. The molecule has 0 spiro atoms. The van der Waals surface area contributed by atoms with E-state index in [1.807, 2.05) is 0 Å². The molecule has 0 bridgehead atoms. The molecule has 0 unspecified atom stereocenters. The predicted octanol–water partition coefficient (Wildman–Crippen LogP) is 3.05. The fourth-order valence-corrected chi connectivity index (χ4v) is 3.40. The van der Waals surface area contributed by atoms with E-state index in [1.54, 1.807) is 0 Å². The van der Waals surface area contributed by atoms with Crippen LogP contribution in [0.15, 0.2) is 36.4 Å². The van der Waals surface area contributed by atoms with Gasteiger partial charge in [-0.2, -0.15) is 0 Å². The molecule has 1 heterocycles. The molecule has 1 aromatic rings. The Morgan fingerprint density at radius 2 is 1.74 bits per heavy atom. The zero-order valence-electron chi connectivity index (χ0n) is 11.6. The Hall–Kier alpha value is -1.12. The van der Waals surface area contributed by atoms with Gasteiger partial charge in [-0.3, -0.25) is 4.90 Å². The van der Waals surface area contributed by atoms with Gasteiger partial charge in [0.2, 0.25) is 0 Å². The first-order chi connectivity index (χ1) is 9.33. The van der Waals surface area contributed by atoms with Crippen molar-refractivity contribution in [3.05, 3.63) is 42.0 Å². The number of hydrogen-bond acceptors (Lipinski definition) is 2. The number of nitrogens with zero attached hydrogens (tertiary/aromatic N) is 1. The summed E-state index contributed by atoms with van der Waals surface area (Å²) in [5, 5.41) is 0. The standard InChI is InChI=1S/C17H24N2/c18-16-6-8-17(9-7-16)19-12-10-15(11-13-19)14-4-2-1-3-5-14/h1-5,10,16-17H,6-9,11-13,18H2/t16-,17+. The second-order valence-corrected chi connectivity index (χ2v) is 5.91. The topological polar surface area (TPSA) is 29.3 Å². The largest absolute Gasteiger partial charge is 0.328 e. The number of benzene rings is 1. The molecule has 1 aromatic carbocycles. The maximum absolute atomic E-state index is 5.99. The molecule has 0 aromatic heterocycles. The van der Waals surface area contributed by atoms with Crippen LogP contribution in [0.25, 0.3) is 5.57 Å². The highest BCUT2D eigenvalue weighted by Gasteiger charge is 2.25. The van der Waals surface area contributed by atoms with Crippen LogP contribution in [-0.2, 0) is 0 Å². The third-order valence-electron chi connectivity index (χ3n) is 4.64. The summed E-state index contributed by atoms with van der Waals surface area (Å²) in [6.07, 6.45) is 8.60. The first kappa shape index (κ1) is 12.9. The molecule has 2 aliphatic rings. The van der Waals surface area contributed by atoms with E-state index in [0.717, 1.165) is 12.6 Å². The van der Waals surface area contributed by atoms with Crippen LogP contribution in [0.3, 0.4) is 0 Å². The highest BCUT2D eigenvalue weighted by atomic mass is 15.2. The monoisotopic (exact) mass is 256 g/mol. The summed E-state index contributed by atoms with van der Waals surface area (Å²) < 4.78 is 0. The van der Waals surface area contributed by atoms with Crippen LogP contribution in [0.1, 0.15) is 37.7 Å². The fraction of sp³-hybridized carbons (Fsp3) is 0.529. The summed E-state index contributed by atoms with van der Waals surface area (Å²) in [6.45, 7) is 2.32. The molecular weight excluding hydrogens is 232 g/mol. The highest BCUT2D eigenvalue weighted by Crippen LogP contribution is 2.27. The molecule has 102 valence electrons. The zero-order valence-corrected chi connectivity index (χ0v) is 11.6. The lowest BCUT2D eigenvalue weighted by Crippen LogP contribution is -2.42. The van der Waals surface area contributed by atoms with Gasteiger partial charge in [0.05, 0.1) is 0 Å². The molecule has 0 saturated heterocycles. The van der Waals surface area contributed by atoms with Gasteiger partial charge in [-0.25, -0.2) is 0 Å². The molecule has 2 heteroatoms. The summed E-state index contributed by atoms with van der Waals surface area (Å²) in [4.78, 5) is 2.65. The smallest absolute Gasteiger partial charge is 0.0172 e. The molecule has 2 N–H and O–H groups in total. The zero-order chi connectivity index (χ0) is 13.1. The van der Waals surface area contributed by atoms with Crippen molar-refractivity contribution in [2.45, 2.75) is 44.2 Å². The van der Waals surface area contributed by atoms with Gasteiger partial charge in [0.15, 0.2) is 0 Å². The second-order valence-electron chi connectivity index (χ2n) is 5.91. The van der Waals surface area contributed by atoms with Crippen molar-refractivity contribution >= 4 is 5.57 Å². The van der Waals surface area contributed by atoms with E-state index in [9.17, 15) is 0 Å². The Morgan fingerprint density at radius 3 is 2.37 bits per heavy atom. The van der Waals surface area contributed by atoms with Gasteiger partial charge in [0, 0.05) is 25.2 Å². The van der Waals surface area contributed by atoms with Gasteiger partial charge in [0.25, 0.3) is 0 Å². The Morgan fingerprint density at radius 1 is 1.00 bits per heavy atom. The van der Waals surface area contributed by atoms with Crippen molar-refractivity contribution in [1.82, 2.24) is 4.90 Å². The lowest BCUT2D eigenvalue weighted by atomic mass is 9.89. The van der Waals surface area contributed by atoms with E-state index >= 15 is 0 Å². The molecule has 0 amide bonds. The molecule has 1 aliphatic heterocycles. The minimum absolute atomic E-state index is 0.455. The van der Waals surface area contributed by atoms with Crippen molar-refractivity contribution in [2.75, 3.05) is 13.1 Å². The van der Waals surface area contributed by atoms with Gasteiger partial charge in [-0.15, -0.1) is 0 Å². The predicted molar refractivity (Wildman–Crippen MR) is 80.8 cm³/mol. The van der Waals surface area contributed by atoms with Crippen molar-refractivity contribution in [2.24, 2.45) is 5.73 Å². The Balaban J connectivity index is 1.61. The Labute approximate surface area is 116 Å². The maximum Gasteiger partial charge on any atom is 0.0172 e. The first-order valence-electron chi connectivity index (χ1n) is 7.57. The van der Waals surface area contributed by atoms with Gasteiger partial charge in [-0.05, 0) is 43.2 Å². The van der Waals surface area contributed by atoms with Crippen molar-refractivity contribution in [1.29, 1.82) is 0 Å². The van der Waals surface area contributed by atoms with E-state index in [4.69, 9.17) is 5.73 Å². The third kappa shape index (κ3) is 3.07. The third-order valence-corrected chi connectivity index (χ3v) is 4.64. The van der Waals surface area contributed by atoms with Gasteiger partial charge < -0.3 is 5.73 Å². The van der Waals surface area contributed by atoms with Gasteiger partial charge >= 0.3 is 0 Å². The Kier molecular flexibility index (Phi) is 4.00. The number of rotatable bonds is 2. The van der Waals surface area contributed by atoms with E-state index in [1.165, 1.54) is 49.8 Å². The SMILES string of the molecule is N[C@H]1CC[C@@H](N2CC=C(c3ccccc3)CC2)CC1. The van der Waals surface area contributed by atoms with Gasteiger partial charge in [0.1, 0.15) is 0 Å². The van der Waals surface area contributed by atoms with E-state index in [-0.39, 0.29) is 0 Å². The van der Waals surface area contributed by atoms with Gasteiger partial charge in [-0.1, -0.05) is 36.4 Å². The van der Waals surface area contributed by atoms with Crippen LogP contribution in [0.5, 0.6) is 0 Å². The van der Waals surface area contributed by atoms with Crippen molar-refractivity contribution < 1.29 is 0 Å². The summed E-state index contributed by atoms with van der Waals surface area (Å²) in [5.74, 6) is 0. The average Bonchev–Trinajstić information content (AvgIpc) is 2.49. The summed E-state index contributed by atoms with van der Waals surface area (Å²) >= 11 is 0. The molecule has 3 rings (SSSR count). The highest BCUT2D eigenvalue weighted by molar-refractivity contribution is 5.66.